The van der Waals surface area contributed by atoms with Crippen molar-refractivity contribution >= 4 is 34.0 Å². The Kier molecular flexibility index (Phi) is 4.06. The summed E-state index contributed by atoms with van der Waals surface area (Å²) in [7, 11) is 0. The van der Waals surface area contributed by atoms with Gasteiger partial charge in [0.25, 0.3) is 0 Å². The van der Waals surface area contributed by atoms with Crippen molar-refractivity contribution < 1.29 is 0 Å². The molecule has 28 heavy (non-hydrogen) atoms. The van der Waals surface area contributed by atoms with Crippen LogP contribution in [0.25, 0.3) is 39.6 Å². The van der Waals surface area contributed by atoms with Gasteiger partial charge in [-0.15, -0.1) is 0 Å². The van der Waals surface area contributed by atoms with Gasteiger partial charge in [0.2, 0.25) is 0 Å². The molecule has 0 saturated carbocycles. The van der Waals surface area contributed by atoms with Crippen molar-refractivity contribution in [3.63, 3.8) is 0 Å². The molecule has 3 heteroatoms. The van der Waals surface area contributed by atoms with Crippen LogP contribution in [0, 0.1) is 0 Å². The summed E-state index contributed by atoms with van der Waals surface area (Å²) in [5.41, 5.74) is 6.11. The second-order valence-electron chi connectivity index (χ2n) is 6.93. The summed E-state index contributed by atoms with van der Waals surface area (Å²) in [6.45, 7) is 3.18. The van der Waals surface area contributed by atoms with Crippen molar-refractivity contribution in [1.29, 1.82) is 0 Å². The molecule has 0 atom stereocenters. The van der Waals surface area contributed by atoms with E-state index in [4.69, 9.17) is 0 Å². The maximum Gasteiger partial charge on any atom is 0.0991 e. The van der Waals surface area contributed by atoms with Crippen molar-refractivity contribution in [2.45, 2.75) is 13.5 Å². The number of para-hydroxylation sites is 1. The first-order valence-corrected chi connectivity index (χ1v) is 9.61. The molecule has 0 aliphatic carbocycles. The maximum absolute atomic E-state index is 4.10. The second-order valence-corrected chi connectivity index (χ2v) is 6.93. The van der Waals surface area contributed by atoms with E-state index >= 15 is 0 Å². The third-order valence-corrected chi connectivity index (χ3v) is 5.28. The number of fused-ring (bicyclic) bond motifs is 3. The summed E-state index contributed by atoms with van der Waals surface area (Å²) in [5.74, 6) is 0. The number of rotatable bonds is 4. The Morgan fingerprint density at radius 1 is 0.821 bits per heavy atom. The van der Waals surface area contributed by atoms with Crippen molar-refractivity contribution in [1.82, 2.24) is 14.1 Å². The number of imidazole rings is 1. The molecule has 0 fully saturated rings. The highest BCUT2D eigenvalue weighted by Gasteiger charge is 2.08. The molecule has 0 saturated heterocycles. The van der Waals surface area contributed by atoms with Gasteiger partial charge in [0.15, 0.2) is 0 Å². The van der Waals surface area contributed by atoms with Gasteiger partial charge < -0.3 is 9.13 Å². The lowest BCUT2D eigenvalue weighted by Crippen LogP contribution is -1.92. The van der Waals surface area contributed by atoms with Gasteiger partial charge in [0.1, 0.15) is 0 Å². The molecule has 3 nitrogen and oxygen atoms in total. The highest BCUT2D eigenvalue weighted by molar-refractivity contribution is 6.08. The topological polar surface area (TPSA) is 22.8 Å². The molecular formula is C25H21N3. The summed E-state index contributed by atoms with van der Waals surface area (Å²) < 4.78 is 4.39. The number of hydrogen-bond acceptors (Lipinski definition) is 1. The Morgan fingerprint density at radius 3 is 2.36 bits per heavy atom. The van der Waals surface area contributed by atoms with Gasteiger partial charge in [-0.25, -0.2) is 4.98 Å². The highest BCUT2D eigenvalue weighted by Crippen LogP contribution is 2.30. The zero-order chi connectivity index (χ0) is 18.9. The Morgan fingerprint density at radius 2 is 1.57 bits per heavy atom. The van der Waals surface area contributed by atoms with E-state index in [0.717, 1.165) is 12.2 Å². The van der Waals surface area contributed by atoms with E-state index in [1.807, 2.05) is 17.1 Å². The average Bonchev–Trinajstić information content (AvgIpc) is 3.39. The number of aromatic nitrogens is 3. The molecule has 136 valence electrons. The van der Waals surface area contributed by atoms with Gasteiger partial charge in [0.05, 0.1) is 6.33 Å². The fourth-order valence-corrected chi connectivity index (χ4v) is 3.88. The smallest absolute Gasteiger partial charge is 0.0991 e. The number of aryl methyl sites for hydroxylation is 1. The minimum atomic E-state index is 0.975. The second kappa shape index (κ2) is 6.86. The molecule has 0 amide bonds. The van der Waals surface area contributed by atoms with Crippen molar-refractivity contribution in [2.75, 3.05) is 0 Å². The fourth-order valence-electron chi connectivity index (χ4n) is 3.88. The zero-order valence-electron chi connectivity index (χ0n) is 15.8. The zero-order valence-corrected chi connectivity index (χ0v) is 15.8. The first-order chi connectivity index (χ1) is 13.8. The van der Waals surface area contributed by atoms with Gasteiger partial charge >= 0.3 is 0 Å². The molecule has 0 spiro atoms. The van der Waals surface area contributed by atoms with E-state index in [-0.39, 0.29) is 0 Å². The molecule has 0 bridgehead atoms. The Hall–Kier alpha value is -3.59. The van der Waals surface area contributed by atoms with Gasteiger partial charge in [-0.2, -0.15) is 0 Å². The number of nitrogens with zero attached hydrogens (tertiary/aromatic N) is 3. The minimum Gasteiger partial charge on any atom is -0.341 e. The van der Waals surface area contributed by atoms with E-state index in [1.165, 1.54) is 32.9 Å². The third-order valence-electron chi connectivity index (χ3n) is 5.28. The minimum absolute atomic E-state index is 0.975. The molecule has 0 aliphatic heterocycles. The standard InChI is InChI=1S/C25H21N3/c1-2-28-24-6-4-3-5-22(24)23-17-20(11-14-25(23)28)8-7-19-9-12-21(13-10-19)27-16-15-26-18-27/h3-18H,2H2,1H3/b8-7+. The quantitative estimate of drug-likeness (QED) is 0.350. The summed E-state index contributed by atoms with van der Waals surface area (Å²) in [6.07, 6.45) is 9.90. The van der Waals surface area contributed by atoms with Crippen LogP contribution in [0.2, 0.25) is 0 Å². The van der Waals surface area contributed by atoms with Crippen LogP contribution >= 0.6 is 0 Å². The Balaban J connectivity index is 1.49. The molecule has 0 N–H and O–H groups in total. The molecule has 0 aliphatic rings. The fraction of sp³-hybridized carbons (Fsp3) is 0.0800. The van der Waals surface area contributed by atoms with Crippen LogP contribution in [0.3, 0.4) is 0 Å². The predicted molar refractivity (Wildman–Crippen MR) is 118 cm³/mol. The normalized spacial score (nSPS) is 11.8. The van der Waals surface area contributed by atoms with Crippen LogP contribution in [-0.2, 0) is 6.54 Å². The van der Waals surface area contributed by atoms with E-state index in [9.17, 15) is 0 Å². The summed E-state index contributed by atoms with van der Waals surface area (Å²) in [6, 6.07) is 23.9. The first kappa shape index (κ1) is 16.6. The van der Waals surface area contributed by atoms with Crippen molar-refractivity contribution in [3.05, 3.63) is 96.6 Å². The number of hydrogen-bond donors (Lipinski definition) is 0. The van der Waals surface area contributed by atoms with Crippen molar-refractivity contribution in [2.24, 2.45) is 0 Å². The van der Waals surface area contributed by atoms with Crippen LogP contribution in [0.15, 0.2) is 85.5 Å². The van der Waals surface area contributed by atoms with Gasteiger partial charge in [-0.3, -0.25) is 0 Å². The van der Waals surface area contributed by atoms with Gasteiger partial charge in [-0.1, -0.05) is 48.6 Å². The molecule has 5 aromatic rings. The van der Waals surface area contributed by atoms with Crippen LogP contribution < -0.4 is 0 Å². The number of benzene rings is 3. The summed E-state index contributed by atoms with van der Waals surface area (Å²) in [5, 5.41) is 2.63. The highest BCUT2D eigenvalue weighted by atomic mass is 15.0. The van der Waals surface area contributed by atoms with Gasteiger partial charge in [-0.05, 0) is 48.4 Å². The van der Waals surface area contributed by atoms with E-state index in [0.29, 0.717) is 0 Å². The molecule has 0 unspecified atom stereocenters. The average molecular weight is 363 g/mol. The monoisotopic (exact) mass is 363 g/mol. The van der Waals surface area contributed by atoms with Crippen LogP contribution in [0.4, 0.5) is 0 Å². The van der Waals surface area contributed by atoms with Crippen LogP contribution in [-0.4, -0.2) is 14.1 Å². The first-order valence-electron chi connectivity index (χ1n) is 9.61. The SMILES string of the molecule is CCn1c2ccccc2c2cc(/C=C/c3ccc(-n4ccnc4)cc3)ccc21. The Bertz CT molecular complexity index is 1270. The molecule has 3 aromatic carbocycles. The van der Waals surface area contributed by atoms with E-state index in [1.54, 1.807) is 6.20 Å². The molecule has 2 aromatic heterocycles. The van der Waals surface area contributed by atoms with Crippen molar-refractivity contribution in [3.8, 4) is 5.69 Å². The lowest BCUT2D eigenvalue weighted by atomic mass is 10.1. The molecule has 5 rings (SSSR count). The third kappa shape index (κ3) is 2.81. The molecular weight excluding hydrogens is 342 g/mol. The van der Waals surface area contributed by atoms with E-state index < -0.39 is 0 Å². The largest absolute Gasteiger partial charge is 0.341 e. The maximum atomic E-state index is 4.10. The Labute approximate surface area is 164 Å². The summed E-state index contributed by atoms with van der Waals surface area (Å²) >= 11 is 0. The van der Waals surface area contributed by atoms with Gasteiger partial charge in [0, 0.05) is 46.4 Å². The molecule has 0 radical (unpaired) electrons. The lowest BCUT2D eigenvalue weighted by Gasteiger charge is -2.03. The predicted octanol–water partition coefficient (Wildman–Crippen LogP) is 6.17. The van der Waals surface area contributed by atoms with Crippen LogP contribution in [0.1, 0.15) is 18.1 Å². The molecule has 2 heterocycles. The van der Waals surface area contributed by atoms with E-state index in [2.05, 4.69) is 95.4 Å². The van der Waals surface area contributed by atoms with Crippen LogP contribution in [0.5, 0.6) is 0 Å². The lowest BCUT2D eigenvalue weighted by molar-refractivity contribution is 0.827. The summed E-state index contributed by atoms with van der Waals surface area (Å²) in [4.78, 5) is 4.10.